The minimum atomic E-state index is -4.48. The van der Waals surface area contributed by atoms with Gasteiger partial charge in [-0.2, -0.15) is 13.2 Å². The fourth-order valence-electron chi connectivity index (χ4n) is 1.01. The lowest BCUT2D eigenvalue weighted by Gasteiger charge is -2.10. The number of nitrogens with one attached hydrogen (secondary N) is 1. The maximum atomic E-state index is 12.3. The van der Waals surface area contributed by atoms with Gasteiger partial charge in [-0.1, -0.05) is 6.07 Å². The van der Waals surface area contributed by atoms with Crippen molar-refractivity contribution >= 4 is 15.7 Å². The molecule has 0 saturated heterocycles. The molecule has 0 bridgehead atoms. The standard InChI is InChI=1S/C9H10F3NO2S/c1-2-16(14,15)13-8-5-3-4-7(6-8)9(10,11)12/h3-6,13H,2H2,1H3. The number of anilines is 1. The van der Waals surface area contributed by atoms with Crippen LogP contribution in [0.4, 0.5) is 18.9 Å². The molecule has 0 aliphatic carbocycles. The molecular formula is C9H10F3NO2S. The zero-order chi connectivity index (χ0) is 12.4. The first-order valence-corrected chi connectivity index (χ1v) is 6.07. The van der Waals surface area contributed by atoms with Crippen LogP contribution < -0.4 is 4.72 Å². The Hall–Kier alpha value is -1.24. The van der Waals surface area contributed by atoms with Gasteiger partial charge in [0.1, 0.15) is 0 Å². The summed E-state index contributed by atoms with van der Waals surface area (Å²) in [6, 6.07) is 4.05. The molecule has 16 heavy (non-hydrogen) atoms. The van der Waals surface area contributed by atoms with Crippen molar-refractivity contribution in [1.82, 2.24) is 0 Å². The Labute approximate surface area is 91.3 Å². The van der Waals surface area contributed by atoms with E-state index >= 15 is 0 Å². The molecule has 7 heteroatoms. The number of sulfonamides is 1. The van der Waals surface area contributed by atoms with E-state index in [9.17, 15) is 21.6 Å². The van der Waals surface area contributed by atoms with E-state index in [2.05, 4.69) is 4.72 Å². The number of benzene rings is 1. The van der Waals surface area contributed by atoms with Crippen LogP contribution in [-0.2, 0) is 16.2 Å². The Morgan fingerprint density at radius 2 is 1.94 bits per heavy atom. The van der Waals surface area contributed by atoms with E-state index in [1.165, 1.54) is 13.0 Å². The van der Waals surface area contributed by atoms with Crippen LogP contribution in [0.2, 0.25) is 0 Å². The van der Waals surface area contributed by atoms with Crippen LogP contribution in [0, 0.1) is 0 Å². The molecule has 0 saturated carbocycles. The lowest BCUT2D eigenvalue weighted by Crippen LogP contribution is -2.15. The van der Waals surface area contributed by atoms with Gasteiger partial charge in [0, 0.05) is 5.69 Å². The molecule has 1 aromatic carbocycles. The smallest absolute Gasteiger partial charge is 0.284 e. The fraction of sp³-hybridized carbons (Fsp3) is 0.333. The largest absolute Gasteiger partial charge is 0.416 e. The van der Waals surface area contributed by atoms with Crippen LogP contribution in [0.5, 0.6) is 0 Å². The molecule has 3 nitrogen and oxygen atoms in total. The van der Waals surface area contributed by atoms with Crippen LogP contribution in [0.25, 0.3) is 0 Å². The third-order valence-corrected chi connectivity index (χ3v) is 3.15. The first kappa shape index (κ1) is 12.8. The summed E-state index contributed by atoms with van der Waals surface area (Å²) in [5, 5.41) is 0. The van der Waals surface area contributed by atoms with Crippen LogP contribution in [0.1, 0.15) is 12.5 Å². The van der Waals surface area contributed by atoms with Gasteiger partial charge in [0.05, 0.1) is 11.3 Å². The molecule has 1 rings (SSSR count). The van der Waals surface area contributed by atoms with E-state index in [0.29, 0.717) is 0 Å². The van der Waals surface area contributed by atoms with Crippen molar-refractivity contribution in [3.63, 3.8) is 0 Å². The minimum absolute atomic E-state index is 0.0864. The van der Waals surface area contributed by atoms with Crippen LogP contribution >= 0.6 is 0 Å². The maximum absolute atomic E-state index is 12.3. The Bertz CT molecular complexity index is 468. The van der Waals surface area contributed by atoms with Gasteiger partial charge in [-0.3, -0.25) is 4.72 Å². The molecule has 0 spiro atoms. The summed E-state index contributed by atoms with van der Waals surface area (Å²) in [6.07, 6.45) is -4.48. The molecule has 0 aromatic heterocycles. The van der Waals surface area contributed by atoms with E-state index in [0.717, 1.165) is 18.2 Å². The first-order valence-electron chi connectivity index (χ1n) is 4.42. The topological polar surface area (TPSA) is 46.2 Å². The highest BCUT2D eigenvalue weighted by Crippen LogP contribution is 2.30. The molecule has 1 aromatic rings. The van der Waals surface area contributed by atoms with Crippen LogP contribution in [-0.4, -0.2) is 14.2 Å². The highest BCUT2D eigenvalue weighted by atomic mass is 32.2. The normalized spacial score (nSPS) is 12.5. The second-order valence-corrected chi connectivity index (χ2v) is 5.10. The summed E-state index contributed by atoms with van der Waals surface area (Å²) in [6.45, 7) is 1.40. The van der Waals surface area contributed by atoms with Gasteiger partial charge in [0.2, 0.25) is 10.0 Å². The first-order chi connectivity index (χ1) is 7.24. The van der Waals surface area contributed by atoms with Gasteiger partial charge in [0.15, 0.2) is 0 Å². The van der Waals surface area contributed by atoms with Gasteiger partial charge in [-0.15, -0.1) is 0 Å². The molecule has 0 atom stereocenters. The van der Waals surface area contributed by atoms with Gasteiger partial charge >= 0.3 is 6.18 Å². The van der Waals surface area contributed by atoms with Crippen molar-refractivity contribution in [3.05, 3.63) is 29.8 Å². The highest BCUT2D eigenvalue weighted by Gasteiger charge is 2.30. The SMILES string of the molecule is CCS(=O)(=O)Nc1cccc(C(F)(F)F)c1. The summed E-state index contributed by atoms with van der Waals surface area (Å²) in [5.41, 5.74) is -0.972. The second-order valence-electron chi connectivity index (χ2n) is 3.08. The Morgan fingerprint density at radius 1 is 1.31 bits per heavy atom. The molecule has 1 N–H and O–H groups in total. The molecule has 0 aliphatic rings. The van der Waals surface area contributed by atoms with Crippen molar-refractivity contribution in [2.45, 2.75) is 13.1 Å². The van der Waals surface area contributed by atoms with Gasteiger partial charge < -0.3 is 0 Å². The van der Waals surface area contributed by atoms with Crippen LogP contribution in [0.3, 0.4) is 0 Å². The third-order valence-electron chi connectivity index (χ3n) is 1.84. The zero-order valence-corrected chi connectivity index (χ0v) is 9.19. The number of alkyl halides is 3. The van der Waals surface area contributed by atoms with Crippen molar-refractivity contribution < 1.29 is 21.6 Å². The summed E-state index contributed by atoms with van der Waals surface area (Å²) < 4.78 is 61.2. The van der Waals surface area contributed by atoms with Crippen molar-refractivity contribution in [3.8, 4) is 0 Å². The highest BCUT2D eigenvalue weighted by molar-refractivity contribution is 7.92. The quantitative estimate of drug-likeness (QED) is 0.899. The monoisotopic (exact) mass is 253 g/mol. The molecule has 0 aliphatic heterocycles. The van der Waals surface area contributed by atoms with Gasteiger partial charge in [-0.05, 0) is 25.1 Å². The van der Waals surface area contributed by atoms with Gasteiger partial charge in [-0.25, -0.2) is 8.42 Å². The average molecular weight is 253 g/mol. The van der Waals surface area contributed by atoms with Crippen molar-refractivity contribution in [2.75, 3.05) is 10.5 Å². The lowest BCUT2D eigenvalue weighted by atomic mass is 10.2. The molecule has 0 heterocycles. The van der Waals surface area contributed by atoms with E-state index in [1.807, 2.05) is 0 Å². The molecule has 0 fully saturated rings. The predicted octanol–water partition coefficient (Wildman–Crippen LogP) is 2.47. The molecule has 0 amide bonds. The van der Waals surface area contributed by atoms with E-state index < -0.39 is 21.8 Å². The summed E-state index contributed by atoms with van der Waals surface area (Å²) in [5.74, 6) is -0.191. The third kappa shape index (κ3) is 3.41. The molecular weight excluding hydrogens is 243 g/mol. The van der Waals surface area contributed by atoms with Crippen molar-refractivity contribution in [2.24, 2.45) is 0 Å². The van der Waals surface area contributed by atoms with Gasteiger partial charge in [0.25, 0.3) is 0 Å². The number of rotatable bonds is 3. The average Bonchev–Trinajstić information content (AvgIpc) is 2.16. The Morgan fingerprint density at radius 3 is 2.44 bits per heavy atom. The minimum Gasteiger partial charge on any atom is -0.284 e. The predicted molar refractivity (Wildman–Crippen MR) is 54.5 cm³/mol. The lowest BCUT2D eigenvalue weighted by molar-refractivity contribution is -0.137. The fourth-order valence-corrected chi connectivity index (χ4v) is 1.64. The zero-order valence-electron chi connectivity index (χ0n) is 8.38. The summed E-state index contributed by atoms with van der Waals surface area (Å²) >= 11 is 0. The molecule has 0 unspecified atom stereocenters. The van der Waals surface area contributed by atoms with E-state index in [4.69, 9.17) is 0 Å². The van der Waals surface area contributed by atoms with Crippen LogP contribution in [0.15, 0.2) is 24.3 Å². The van der Waals surface area contributed by atoms with E-state index in [-0.39, 0.29) is 11.4 Å². The second kappa shape index (κ2) is 4.32. The van der Waals surface area contributed by atoms with E-state index in [1.54, 1.807) is 0 Å². The number of halogens is 3. The Balaban J connectivity index is 3.01. The number of hydrogen-bond donors (Lipinski definition) is 1. The number of hydrogen-bond acceptors (Lipinski definition) is 2. The summed E-state index contributed by atoms with van der Waals surface area (Å²) in [7, 11) is -3.55. The molecule has 0 radical (unpaired) electrons. The summed E-state index contributed by atoms with van der Waals surface area (Å²) in [4.78, 5) is 0. The maximum Gasteiger partial charge on any atom is 0.416 e. The molecule has 90 valence electrons. The van der Waals surface area contributed by atoms with Crippen molar-refractivity contribution in [1.29, 1.82) is 0 Å². The Kier molecular flexibility index (Phi) is 3.47.